The van der Waals surface area contributed by atoms with Crippen LogP contribution in [0.2, 0.25) is 5.02 Å². The van der Waals surface area contributed by atoms with Gasteiger partial charge in [0.1, 0.15) is 4.90 Å². The van der Waals surface area contributed by atoms with Crippen LogP contribution < -0.4 is 5.73 Å². The van der Waals surface area contributed by atoms with Gasteiger partial charge in [-0.15, -0.1) is 0 Å². The average molecular weight is 287 g/mol. The molecule has 0 aliphatic carbocycles. The maximum atomic E-state index is 12.4. The Morgan fingerprint density at radius 1 is 1.39 bits per heavy atom. The van der Waals surface area contributed by atoms with Crippen LogP contribution in [0.3, 0.4) is 0 Å². The van der Waals surface area contributed by atoms with Crippen molar-refractivity contribution in [2.75, 3.05) is 18.8 Å². The molecule has 6 heteroatoms. The molecule has 98 valence electrons. The minimum atomic E-state index is -3.53. The van der Waals surface area contributed by atoms with Crippen LogP contribution in [0, 0.1) is 0 Å². The molecule has 1 aromatic carbocycles. The third-order valence-corrected chi connectivity index (χ3v) is 5.16. The molecular formula is C12H15ClN2O2S. The number of hydrogen-bond acceptors (Lipinski definition) is 3. The van der Waals surface area contributed by atoms with Gasteiger partial charge in [0, 0.05) is 18.1 Å². The lowest BCUT2D eigenvalue weighted by Crippen LogP contribution is -2.35. The molecule has 0 bridgehead atoms. The molecule has 1 aromatic rings. The molecule has 2 rings (SSSR count). The number of anilines is 1. The Kier molecular flexibility index (Phi) is 3.66. The van der Waals surface area contributed by atoms with Gasteiger partial charge in [-0.25, -0.2) is 8.42 Å². The highest BCUT2D eigenvalue weighted by atomic mass is 35.5. The fourth-order valence-corrected chi connectivity index (χ4v) is 3.52. The van der Waals surface area contributed by atoms with Crippen LogP contribution in [0.5, 0.6) is 0 Å². The maximum absolute atomic E-state index is 12.4. The molecule has 1 aliphatic rings. The highest BCUT2D eigenvalue weighted by Crippen LogP contribution is 2.27. The first-order valence-electron chi connectivity index (χ1n) is 5.62. The number of hydrogen-bond donors (Lipinski definition) is 1. The van der Waals surface area contributed by atoms with E-state index >= 15 is 0 Å². The Labute approximate surface area is 112 Å². The largest absolute Gasteiger partial charge is 0.398 e. The van der Waals surface area contributed by atoms with Crippen LogP contribution in [0.1, 0.15) is 13.3 Å². The number of nitrogen functional groups attached to an aromatic ring is 1. The average Bonchev–Trinajstić information content (AvgIpc) is 2.29. The molecule has 0 fully saturated rings. The van der Waals surface area contributed by atoms with Gasteiger partial charge in [-0.1, -0.05) is 23.3 Å². The third kappa shape index (κ3) is 2.53. The van der Waals surface area contributed by atoms with Gasteiger partial charge in [0.25, 0.3) is 0 Å². The monoisotopic (exact) mass is 286 g/mol. The standard InChI is InChI=1S/C12H15ClN2O2S/c1-9-4-6-15(7-5-9)18(16,17)12-3-2-10(13)8-11(12)14/h2-4,8H,5-7,14H2,1H3. The van der Waals surface area contributed by atoms with E-state index in [1.54, 1.807) is 0 Å². The molecule has 0 unspecified atom stereocenters. The molecule has 18 heavy (non-hydrogen) atoms. The maximum Gasteiger partial charge on any atom is 0.245 e. The summed E-state index contributed by atoms with van der Waals surface area (Å²) in [6.07, 6.45) is 2.68. The van der Waals surface area contributed by atoms with E-state index in [4.69, 9.17) is 17.3 Å². The predicted octanol–water partition coefficient (Wildman–Crippen LogP) is 2.26. The normalized spacial score (nSPS) is 17.6. The fraction of sp³-hybridized carbons (Fsp3) is 0.333. The molecule has 0 radical (unpaired) electrons. The van der Waals surface area contributed by atoms with Gasteiger partial charge in [-0.3, -0.25) is 0 Å². The van der Waals surface area contributed by atoms with Gasteiger partial charge in [0.05, 0.1) is 5.69 Å². The Morgan fingerprint density at radius 2 is 2.11 bits per heavy atom. The lowest BCUT2D eigenvalue weighted by atomic mass is 10.1. The van der Waals surface area contributed by atoms with Gasteiger partial charge in [-0.2, -0.15) is 4.31 Å². The van der Waals surface area contributed by atoms with Crippen molar-refractivity contribution in [2.24, 2.45) is 0 Å². The van der Waals surface area contributed by atoms with Crippen molar-refractivity contribution in [3.63, 3.8) is 0 Å². The lowest BCUT2D eigenvalue weighted by Gasteiger charge is -2.25. The minimum Gasteiger partial charge on any atom is -0.398 e. The summed E-state index contributed by atoms with van der Waals surface area (Å²) in [5.41, 5.74) is 7.14. The SMILES string of the molecule is CC1=CCN(S(=O)(=O)c2ccc(Cl)cc2N)CC1. The van der Waals surface area contributed by atoms with Gasteiger partial charge in [-0.05, 0) is 31.5 Å². The van der Waals surface area contributed by atoms with Crippen molar-refractivity contribution in [3.05, 3.63) is 34.9 Å². The second kappa shape index (κ2) is 4.91. The van der Waals surface area contributed by atoms with Gasteiger partial charge >= 0.3 is 0 Å². The van der Waals surface area contributed by atoms with Crippen molar-refractivity contribution in [3.8, 4) is 0 Å². The summed E-state index contributed by atoms with van der Waals surface area (Å²) < 4.78 is 26.2. The van der Waals surface area contributed by atoms with Crippen LogP contribution in [0.25, 0.3) is 0 Å². The molecule has 0 amide bonds. The smallest absolute Gasteiger partial charge is 0.245 e. The zero-order chi connectivity index (χ0) is 13.3. The van der Waals surface area contributed by atoms with Crippen molar-refractivity contribution >= 4 is 27.3 Å². The number of benzene rings is 1. The molecule has 4 nitrogen and oxygen atoms in total. The second-order valence-corrected chi connectivity index (χ2v) is 6.69. The second-order valence-electron chi connectivity index (χ2n) is 4.35. The molecule has 0 atom stereocenters. The third-order valence-electron chi connectivity index (χ3n) is 2.99. The van der Waals surface area contributed by atoms with E-state index in [0.29, 0.717) is 18.1 Å². The molecular weight excluding hydrogens is 272 g/mol. The highest BCUT2D eigenvalue weighted by molar-refractivity contribution is 7.89. The number of sulfonamides is 1. The van der Waals surface area contributed by atoms with E-state index in [-0.39, 0.29) is 10.6 Å². The molecule has 0 aromatic heterocycles. The van der Waals surface area contributed by atoms with Gasteiger partial charge < -0.3 is 5.73 Å². The van der Waals surface area contributed by atoms with Crippen molar-refractivity contribution < 1.29 is 8.42 Å². The summed E-state index contributed by atoms with van der Waals surface area (Å²) in [6, 6.07) is 4.45. The first-order valence-corrected chi connectivity index (χ1v) is 7.44. The van der Waals surface area contributed by atoms with Crippen LogP contribution in [0.4, 0.5) is 5.69 Å². The molecule has 0 saturated heterocycles. The zero-order valence-corrected chi connectivity index (χ0v) is 11.6. The van der Waals surface area contributed by atoms with Crippen molar-refractivity contribution in [2.45, 2.75) is 18.2 Å². The molecule has 1 heterocycles. The Morgan fingerprint density at radius 3 is 2.67 bits per heavy atom. The van der Waals surface area contributed by atoms with E-state index in [9.17, 15) is 8.42 Å². The first kappa shape index (κ1) is 13.4. The van der Waals surface area contributed by atoms with Gasteiger partial charge in [0.15, 0.2) is 0 Å². The number of nitrogens with zero attached hydrogens (tertiary/aromatic N) is 1. The van der Waals surface area contributed by atoms with E-state index in [0.717, 1.165) is 6.42 Å². The molecule has 1 aliphatic heterocycles. The summed E-state index contributed by atoms with van der Waals surface area (Å²) in [6.45, 7) is 2.89. The Bertz CT molecular complexity index is 596. The zero-order valence-electron chi connectivity index (χ0n) is 10.1. The van der Waals surface area contributed by atoms with E-state index in [1.165, 1.54) is 28.1 Å². The Hall–Kier alpha value is -1.04. The summed E-state index contributed by atoms with van der Waals surface area (Å²) in [7, 11) is -3.53. The van der Waals surface area contributed by atoms with Crippen LogP contribution in [-0.2, 0) is 10.0 Å². The van der Waals surface area contributed by atoms with Crippen LogP contribution in [-0.4, -0.2) is 25.8 Å². The number of rotatable bonds is 2. The minimum absolute atomic E-state index is 0.125. The topological polar surface area (TPSA) is 63.4 Å². The number of nitrogens with two attached hydrogens (primary N) is 1. The summed E-state index contributed by atoms with van der Waals surface area (Å²) in [4.78, 5) is 0.125. The summed E-state index contributed by atoms with van der Waals surface area (Å²) >= 11 is 5.77. The van der Waals surface area contributed by atoms with Crippen LogP contribution >= 0.6 is 11.6 Å². The lowest BCUT2D eigenvalue weighted by molar-refractivity contribution is 0.431. The molecule has 0 saturated carbocycles. The first-order chi connectivity index (χ1) is 8.41. The van der Waals surface area contributed by atoms with E-state index in [1.807, 2.05) is 13.0 Å². The highest BCUT2D eigenvalue weighted by Gasteiger charge is 2.27. The van der Waals surface area contributed by atoms with E-state index < -0.39 is 10.0 Å². The Balaban J connectivity index is 2.37. The van der Waals surface area contributed by atoms with Crippen molar-refractivity contribution in [1.82, 2.24) is 4.31 Å². The molecule has 0 spiro atoms. The number of halogens is 1. The fourth-order valence-electron chi connectivity index (χ4n) is 1.86. The predicted molar refractivity (Wildman–Crippen MR) is 73.0 cm³/mol. The van der Waals surface area contributed by atoms with Crippen molar-refractivity contribution in [1.29, 1.82) is 0 Å². The summed E-state index contributed by atoms with van der Waals surface area (Å²) in [5, 5.41) is 0.431. The molecule has 2 N–H and O–H groups in total. The van der Waals surface area contributed by atoms with Crippen LogP contribution in [0.15, 0.2) is 34.7 Å². The summed E-state index contributed by atoms with van der Waals surface area (Å²) in [5.74, 6) is 0. The van der Waals surface area contributed by atoms with Gasteiger partial charge in [0.2, 0.25) is 10.0 Å². The van der Waals surface area contributed by atoms with E-state index in [2.05, 4.69) is 0 Å². The quantitative estimate of drug-likeness (QED) is 0.670.